The van der Waals surface area contributed by atoms with Gasteiger partial charge in [0.2, 0.25) is 5.72 Å². The molecular formula is C22H36N6O7P+. The van der Waals surface area contributed by atoms with Gasteiger partial charge in [0.1, 0.15) is 24.2 Å². The second-order valence-corrected chi connectivity index (χ2v) is 11.5. The van der Waals surface area contributed by atoms with Crippen molar-refractivity contribution in [2.24, 2.45) is 0 Å². The van der Waals surface area contributed by atoms with E-state index >= 15 is 0 Å². The summed E-state index contributed by atoms with van der Waals surface area (Å²) < 4.78 is 20.6. The van der Waals surface area contributed by atoms with Crippen LogP contribution in [0, 0.1) is 22.7 Å². The van der Waals surface area contributed by atoms with Crippen LogP contribution >= 0.6 is 7.87 Å². The SMILES string of the molecule is CC(C)N(C(C)C)[P+](O)(CCC#N)O[C@H]1[C@@H](O)[C@](COCCC#N)(n2ccc(N)nc2=O)O[C@@H]1CO. The molecule has 0 amide bonds. The molecule has 13 nitrogen and oxygen atoms in total. The predicted molar refractivity (Wildman–Crippen MR) is 131 cm³/mol. The quantitative estimate of drug-likeness (QED) is 0.203. The zero-order valence-electron chi connectivity index (χ0n) is 21.0. The second kappa shape index (κ2) is 12.9. The highest BCUT2D eigenvalue weighted by molar-refractivity contribution is 7.63. The summed E-state index contributed by atoms with van der Waals surface area (Å²) in [6.07, 6.45) is -2.75. The fourth-order valence-corrected chi connectivity index (χ4v) is 7.41. The molecule has 36 heavy (non-hydrogen) atoms. The smallest absolute Gasteiger partial charge is 0.352 e. The Balaban J connectivity index is 2.56. The predicted octanol–water partition coefficient (Wildman–Crippen LogP) is 0.333. The summed E-state index contributed by atoms with van der Waals surface area (Å²) in [5.74, 6) is -0.0443. The molecule has 0 aliphatic carbocycles. The number of aromatic nitrogens is 2. The molecule has 0 radical (unpaired) electrons. The van der Waals surface area contributed by atoms with Gasteiger partial charge >= 0.3 is 13.6 Å². The van der Waals surface area contributed by atoms with Crippen LogP contribution in [0.4, 0.5) is 5.82 Å². The van der Waals surface area contributed by atoms with Crippen molar-refractivity contribution < 1.29 is 29.1 Å². The van der Waals surface area contributed by atoms with Crippen LogP contribution in [0.15, 0.2) is 17.1 Å². The van der Waals surface area contributed by atoms with Gasteiger partial charge in [-0.3, -0.25) is 4.57 Å². The maximum atomic E-state index is 12.8. The van der Waals surface area contributed by atoms with E-state index in [1.165, 1.54) is 12.3 Å². The molecule has 5 N–H and O–H groups in total. The van der Waals surface area contributed by atoms with Crippen LogP contribution in [0.1, 0.15) is 40.5 Å². The van der Waals surface area contributed by atoms with Crippen molar-refractivity contribution >= 4 is 13.7 Å². The number of nitrogens with zero attached hydrogens (tertiary/aromatic N) is 5. The lowest BCUT2D eigenvalue weighted by molar-refractivity contribution is -0.184. The zero-order chi connectivity index (χ0) is 27.1. The summed E-state index contributed by atoms with van der Waals surface area (Å²) in [6.45, 7) is 6.49. The van der Waals surface area contributed by atoms with E-state index in [0.717, 1.165) is 4.57 Å². The van der Waals surface area contributed by atoms with Gasteiger partial charge in [0.25, 0.3) is 0 Å². The molecule has 0 spiro atoms. The van der Waals surface area contributed by atoms with Crippen LogP contribution < -0.4 is 11.4 Å². The van der Waals surface area contributed by atoms with E-state index in [9.17, 15) is 25.2 Å². The highest BCUT2D eigenvalue weighted by Gasteiger charge is 2.62. The fraction of sp³-hybridized carbons (Fsp3) is 0.727. The maximum Gasteiger partial charge on any atom is 0.352 e. The van der Waals surface area contributed by atoms with Crippen molar-refractivity contribution in [3.63, 3.8) is 0 Å². The first-order valence-corrected chi connectivity index (χ1v) is 13.5. The molecule has 200 valence electrons. The summed E-state index contributed by atoms with van der Waals surface area (Å²) >= 11 is 0. The first kappa shape index (κ1) is 30.0. The molecule has 0 aromatic carbocycles. The van der Waals surface area contributed by atoms with Gasteiger partial charge in [-0.25, -0.2) is 9.69 Å². The first-order valence-electron chi connectivity index (χ1n) is 11.7. The Kier molecular flexibility index (Phi) is 10.7. The molecule has 1 aliphatic heterocycles. The van der Waals surface area contributed by atoms with E-state index < -0.39 is 44.2 Å². The Labute approximate surface area is 211 Å². The summed E-state index contributed by atoms with van der Waals surface area (Å²) in [5.41, 5.74) is 2.89. The Hall–Kier alpha value is -2.19. The maximum absolute atomic E-state index is 12.8. The van der Waals surface area contributed by atoms with Crippen LogP contribution in [0.25, 0.3) is 0 Å². The van der Waals surface area contributed by atoms with Crippen LogP contribution in [0.3, 0.4) is 0 Å². The lowest BCUT2D eigenvalue weighted by Gasteiger charge is -2.37. The average Bonchev–Trinajstić information content (AvgIpc) is 3.06. The third-order valence-electron chi connectivity index (χ3n) is 5.80. The number of anilines is 1. The van der Waals surface area contributed by atoms with Crippen LogP contribution in [0.2, 0.25) is 0 Å². The van der Waals surface area contributed by atoms with Crippen LogP contribution in [0.5, 0.6) is 0 Å². The molecule has 0 saturated carbocycles. The molecule has 5 atom stereocenters. The van der Waals surface area contributed by atoms with Crippen LogP contribution in [-0.2, 0) is 19.7 Å². The van der Waals surface area contributed by atoms with E-state index in [-0.39, 0.29) is 50.1 Å². The van der Waals surface area contributed by atoms with Gasteiger partial charge < -0.3 is 25.4 Å². The van der Waals surface area contributed by atoms with Crippen molar-refractivity contribution in [1.29, 1.82) is 10.5 Å². The lowest BCUT2D eigenvalue weighted by atomic mass is 10.0. The van der Waals surface area contributed by atoms with Crippen molar-refractivity contribution in [2.45, 2.75) is 76.7 Å². The average molecular weight is 528 g/mol. The van der Waals surface area contributed by atoms with Gasteiger partial charge in [-0.1, -0.05) is 0 Å². The third kappa shape index (κ3) is 6.38. The van der Waals surface area contributed by atoms with Gasteiger partial charge in [-0.2, -0.15) is 20.0 Å². The number of rotatable bonds is 13. The zero-order valence-corrected chi connectivity index (χ0v) is 21.9. The number of hydrogen-bond donors (Lipinski definition) is 4. The van der Waals surface area contributed by atoms with Gasteiger partial charge in [0.05, 0.1) is 44.8 Å². The van der Waals surface area contributed by atoms with E-state index in [4.69, 9.17) is 25.0 Å². The number of nitrogens with two attached hydrogens (primary N) is 1. The third-order valence-corrected chi connectivity index (χ3v) is 8.83. The molecule has 0 bridgehead atoms. The number of aliphatic hydroxyl groups is 2. The van der Waals surface area contributed by atoms with Gasteiger partial charge in [0.15, 0.2) is 6.10 Å². The summed E-state index contributed by atoms with van der Waals surface area (Å²) in [7, 11) is -3.50. The second-order valence-electron chi connectivity index (χ2n) is 9.03. The lowest BCUT2D eigenvalue weighted by Crippen LogP contribution is -2.54. The standard InChI is InChI=1S/C22H35N6O7P/c1-15(2)28(16(3)4)36(32,12-6-9-24)35-19-17(13-29)34-22(20(19)30,14-33-11-5-8-23)27-10-7-18(25)26-21(27)31/h7,10,15-17,19-20,29-30,32H,5-6,11-14H2,1-4H3,(H-,25,26,31)/p+1/t17-,19-,20-,22-,36?/m1/s1. The molecule has 1 aromatic rings. The molecule has 2 rings (SSSR count). The number of nitrogen functional groups attached to an aromatic ring is 1. The van der Waals surface area contributed by atoms with E-state index in [2.05, 4.69) is 4.98 Å². The molecular weight excluding hydrogens is 491 g/mol. The van der Waals surface area contributed by atoms with Crippen LogP contribution in [-0.4, -0.2) is 85.7 Å². The van der Waals surface area contributed by atoms with Crippen molar-refractivity contribution in [3.8, 4) is 12.1 Å². The van der Waals surface area contributed by atoms with E-state index in [0.29, 0.717) is 0 Å². The van der Waals surface area contributed by atoms with Gasteiger partial charge in [0, 0.05) is 18.3 Å². The highest BCUT2D eigenvalue weighted by atomic mass is 31.2. The first-order chi connectivity index (χ1) is 17.0. The number of hydrogen-bond acceptors (Lipinski definition) is 12. The topological polar surface area (TPSA) is 200 Å². The Morgan fingerprint density at radius 1 is 1.31 bits per heavy atom. The summed E-state index contributed by atoms with van der Waals surface area (Å²) in [6, 6.07) is 4.96. The number of aliphatic hydroxyl groups excluding tert-OH is 2. The monoisotopic (exact) mass is 527 g/mol. The molecule has 14 heteroatoms. The fourth-order valence-electron chi connectivity index (χ4n) is 4.49. The molecule has 1 unspecified atom stereocenters. The van der Waals surface area contributed by atoms with E-state index in [1.807, 2.05) is 39.8 Å². The van der Waals surface area contributed by atoms with Crippen molar-refractivity contribution in [1.82, 2.24) is 14.2 Å². The molecule has 1 fully saturated rings. The van der Waals surface area contributed by atoms with Crippen molar-refractivity contribution in [2.75, 3.05) is 31.7 Å². The largest absolute Gasteiger partial charge is 0.394 e. The van der Waals surface area contributed by atoms with Gasteiger partial charge in [-0.05, 0) is 33.8 Å². The minimum Gasteiger partial charge on any atom is -0.394 e. The van der Waals surface area contributed by atoms with Gasteiger partial charge in [-0.15, -0.1) is 4.67 Å². The normalized spacial score (nSPS) is 25.7. The Bertz CT molecular complexity index is 1000. The highest BCUT2D eigenvalue weighted by Crippen LogP contribution is 2.63. The summed E-state index contributed by atoms with van der Waals surface area (Å²) in [5, 5.41) is 39.7. The Morgan fingerprint density at radius 3 is 2.47 bits per heavy atom. The molecule has 1 aliphatic rings. The number of ether oxygens (including phenoxy) is 2. The van der Waals surface area contributed by atoms with Crippen molar-refractivity contribution in [3.05, 3.63) is 22.7 Å². The minimum atomic E-state index is -3.50. The summed E-state index contributed by atoms with van der Waals surface area (Å²) in [4.78, 5) is 28.2. The number of nitriles is 2. The molecule has 1 saturated heterocycles. The molecule has 1 aromatic heterocycles. The Morgan fingerprint density at radius 2 is 1.94 bits per heavy atom. The molecule has 2 heterocycles. The van der Waals surface area contributed by atoms with E-state index in [1.54, 1.807) is 4.67 Å². The minimum absolute atomic E-state index is 0.00254.